The molecule has 1 atom stereocenters. The van der Waals surface area contributed by atoms with Crippen LogP contribution in [0, 0.1) is 8.99 Å². The van der Waals surface area contributed by atoms with Crippen LogP contribution in [0.5, 0.6) is 11.5 Å². The number of Topliss-reactive ketones (excluding diaryl/α,β-unsaturated/α-hetero) is 1. The standard InChI is InChI=1S/C22H23IN2O3/c1-22(2)10-16-19(17(26)11-22)20(25-15-7-5-4-6-14(15)24-16)12-8-13(23)21(27)18(9-12)28-3/h4-9,20,24-25,27H,10-11H2,1-3H3/t20-/m1/s1. The maximum atomic E-state index is 13.2. The van der Waals surface area contributed by atoms with Crippen LogP contribution in [0.3, 0.4) is 0 Å². The molecule has 0 aromatic heterocycles. The molecule has 146 valence electrons. The van der Waals surface area contributed by atoms with Crippen molar-refractivity contribution in [2.45, 2.75) is 32.7 Å². The fraction of sp³-hybridized carbons (Fsp3) is 0.318. The van der Waals surface area contributed by atoms with Gasteiger partial charge in [0.05, 0.1) is 28.1 Å². The average Bonchev–Trinajstić information content (AvgIpc) is 2.79. The van der Waals surface area contributed by atoms with Gasteiger partial charge in [0, 0.05) is 17.7 Å². The smallest absolute Gasteiger partial charge is 0.171 e. The highest BCUT2D eigenvalue weighted by Crippen LogP contribution is 2.46. The first kappa shape index (κ1) is 19.1. The second-order valence-electron chi connectivity index (χ2n) is 8.13. The lowest BCUT2D eigenvalue weighted by Gasteiger charge is -2.34. The highest BCUT2D eigenvalue weighted by Gasteiger charge is 2.39. The number of carbonyl (C=O) groups excluding carboxylic acids is 1. The third-order valence-electron chi connectivity index (χ3n) is 5.33. The Labute approximate surface area is 178 Å². The van der Waals surface area contributed by atoms with E-state index in [2.05, 4.69) is 47.1 Å². The summed E-state index contributed by atoms with van der Waals surface area (Å²) in [6.07, 6.45) is 1.31. The molecule has 6 heteroatoms. The number of halogens is 1. The number of hydrogen-bond acceptors (Lipinski definition) is 5. The molecule has 0 spiro atoms. The van der Waals surface area contributed by atoms with E-state index < -0.39 is 0 Å². The van der Waals surface area contributed by atoms with Crippen LogP contribution in [0.15, 0.2) is 47.7 Å². The summed E-state index contributed by atoms with van der Waals surface area (Å²) in [5.74, 6) is 0.662. The van der Waals surface area contributed by atoms with E-state index in [-0.39, 0.29) is 23.0 Å². The second kappa shape index (κ2) is 6.99. The molecule has 2 aliphatic rings. The Hall–Kier alpha value is -2.22. The number of aromatic hydroxyl groups is 1. The first-order valence-corrected chi connectivity index (χ1v) is 10.3. The normalized spacial score (nSPS) is 20.4. The van der Waals surface area contributed by atoms with Gasteiger partial charge in [-0.15, -0.1) is 0 Å². The second-order valence-corrected chi connectivity index (χ2v) is 9.30. The maximum absolute atomic E-state index is 13.2. The van der Waals surface area contributed by atoms with Crippen LogP contribution in [0.1, 0.15) is 38.3 Å². The largest absolute Gasteiger partial charge is 0.504 e. The van der Waals surface area contributed by atoms with Crippen LogP contribution in [0.25, 0.3) is 0 Å². The lowest BCUT2D eigenvalue weighted by Crippen LogP contribution is -2.31. The van der Waals surface area contributed by atoms with E-state index in [0.29, 0.717) is 15.7 Å². The van der Waals surface area contributed by atoms with Crippen molar-refractivity contribution in [2.75, 3.05) is 17.7 Å². The number of para-hydroxylation sites is 2. The van der Waals surface area contributed by atoms with Crippen LogP contribution < -0.4 is 15.4 Å². The van der Waals surface area contributed by atoms with Crippen molar-refractivity contribution in [2.24, 2.45) is 5.41 Å². The summed E-state index contributed by atoms with van der Waals surface area (Å²) in [4.78, 5) is 13.2. The number of methoxy groups -OCH3 is 1. The average molecular weight is 490 g/mol. The van der Waals surface area contributed by atoms with Gasteiger partial charge in [0.2, 0.25) is 0 Å². The molecule has 0 unspecified atom stereocenters. The topological polar surface area (TPSA) is 70.6 Å². The number of allylic oxidation sites excluding steroid dienone is 1. The Kier molecular flexibility index (Phi) is 4.77. The van der Waals surface area contributed by atoms with Crippen LogP contribution in [0.2, 0.25) is 0 Å². The lowest BCUT2D eigenvalue weighted by atomic mass is 9.73. The molecule has 1 heterocycles. The zero-order valence-corrected chi connectivity index (χ0v) is 18.3. The van der Waals surface area contributed by atoms with Gasteiger partial charge in [-0.05, 0) is 64.3 Å². The number of nitrogens with one attached hydrogen (secondary N) is 2. The monoisotopic (exact) mass is 490 g/mol. The number of anilines is 2. The van der Waals surface area contributed by atoms with Crippen LogP contribution in [-0.4, -0.2) is 18.0 Å². The van der Waals surface area contributed by atoms with E-state index in [0.717, 1.165) is 34.6 Å². The molecule has 1 aliphatic carbocycles. The van der Waals surface area contributed by atoms with Gasteiger partial charge in [0.15, 0.2) is 17.3 Å². The Morgan fingerprint density at radius 3 is 2.61 bits per heavy atom. The number of benzene rings is 2. The van der Waals surface area contributed by atoms with Crippen molar-refractivity contribution < 1.29 is 14.6 Å². The van der Waals surface area contributed by atoms with Gasteiger partial charge in [-0.3, -0.25) is 4.79 Å². The molecule has 3 N–H and O–H groups in total. The fourth-order valence-corrected chi connectivity index (χ4v) is 4.68. The predicted molar refractivity (Wildman–Crippen MR) is 119 cm³/mol. The molecule has 5 nitrogen and oxygen atoms in total. The van der Waals surface area contributed by atoms with Gasteiger partial charge in [0.1, 0.15) is 0 Å². The number of phenols is 1. The van der Waals surface area contributed by atoms with Crippen LogP contribution >= 0.6 is 22.6 Å². The van der Waals surface area contributed by atoms with E-state index in [1.807, 2.05) is 30.3 Å². The summed E-state index contributed by atoms with van der Waals surface area (Å²) < 4.78 is 6.04. The molecule has 0 fully saturated rings. The van der Waals surface area contributed by atoms with E-state index in [4.69, 9.17) is 4.74 Å². The summed E-state index contributed by atoms with van der Waals surface area (Å²) in [6, 6.07) is 11.4. The minimum atomic E-state index is -0.322. The molecule has 0 saturated heterocycles. The Balaban J connectivity index is 1.91. The summed E-state index contributed by atoms with van der Waals surface area (Å²) in [5.41, 5.74) is 4.43. The van der Waals surface area contributed by atoms with Crippen molar-refractivity contribution in [3.63, 3.8) is 0 Å². The van der Waals surface area contributed by atoms with Crippen LogP contribution in [0.4, 0.5) is 11.4 Å². The van der Waals surface area contributed by atoms with Gasteiger partial charge in [0.25, 0.3) is 0 Å². The number of ether oxygens (including phenoxy) is 1. The van der Waals surface area contributed by atoms with E-state index >= 15 is 0 Å². The van der Waals surface area contributed by atoms with Crippen molar-refractivity contribution in [3.8, 4) is 11.5 Å². The van der Waals surface area contributed by atoms with Gasteiger partial charge in [-0.25, -0.2) is 0 Å². The van der Waals surface area contributed by atoms with E-state index in [1.54, 1.807) is 6.07 Å². The number of rotatable bonds is 2. The zero-order valence-electron chi connectivity index (χ0n) is 16.1. The fourth-order valence-electron chi connectivity index (χ4n) is 4.06. The molecule has 0 amide bonds. The molecule has 28 heavy (non-hydrogen) atoms. The third kappa shape index (κ3) is 3.34. The quantitative estimate of drug-likeness (QED) is 0.504. The van der Waals surface area contributed by atoms with E-state index in [1.165, 1.54) is 7.11 Å². The van der Waals surface area contributed by atoms with Crippen molar-refractivity contribution in [1.82, 2.24) is 0 Å². The number of carbonyl (C=O) groups is 1. The first-order chi connectivity index (χ1) is 13.3. The molecule has 2 aromatic carbocycles. The summed E-state index contributed by atoms with van der Waals surface area (Å²) in [7, 11) is 1.53. The molecular formula is C22H23IN2O3. The molecular weight excluding hydrogens is 467 g/mol. The van der Waals surface area contributed by atoms with Gasteiger partial charge in [-0.1, -0.05) is 26.0 Å². The summed E-state index contributed by atoms with van der Waals surface area (Å²) in [5, 5.41) is 17.3. The van der Waals surface area contributed by atoms with Gasteiger partial charge >= 0.3 is 0 Å². The van der Waals surface area contributed by atoms with Gasteiger partial charge in [-0.2, -0.15) is 0 Å². The Morgan fingerprint density at radius 2 is 1.89 bits per heavy atom. The molecule has 2 aromatic rings. The summed E-state index contributed by atoms with van der Waals surface area (Å²) in [6.45, 7) is 4.25. The first-order valence-electron chi connectivity index (χ1n) is 9.24. The molecule has 1 aliphatic heterocycles. The summed E-state index contributed by atoms with van der Waals surface area (Å²) >= 11 is 2.09. The van der Waals surface area contributed by atoms with Crippen molar-refractivity contribution in [1.29, 1.82) is 0 Å². The molecule has 0 saturated carbocycles. The number of ketones is 1. The third-order valence-corrected chi connectivity index (χ3v) is 6.15. The number of fused-ring (bicyclic) bond motifs is 1. The number of phenolic OH excluding ortho intramolecular Hbond substituents is 1. The highest BCUT2D eigenvalue weighted by atomic mass is 127. The van der Waals surface area contributed by atoms with Crippen LogP contribution in [-0.2, 0) is 4.79 Å². The minimum Gasteiger partial charge on any atom is -0.504 e. The highest BCUT2D eigenvalue weighted by molar-refractivity contribution is 14.1. The number of hydrogen-bond donors (Lipinski definition) is 3. The molecule has 4 rings (SSSR count). The Morgan fingerprint density at radius 1 is 1.18 bits per heavy atom. The molecule has 0 radical (unpaired) electrons. The minimum absolute atomic E-state index is 0.0895. The van der Waals surface area contributed by atoms with Gasteiger partial charge < -0.3 is 20.5 Å². The maximum Gasteiger partial charge on any atom is 0.171 e. The zero-order chi connectivity index (χ0) is 20.1. The van der Waals surface area contributed by atoms with E-state index in [9.17, 15) is 9.90 Å². The predicted octanol–water partition coefficient (Wildman–Crippen LogP) is 5.23. The van der Waals surface area contributed by atoms with Crippen molar-refractivity contribution >= 4 is 39.7 Å². The Bertz CT molecular complexity index is 997. The SMILES string of the molecule is COc1cc([C@H]2Nc3ccccc3NC3=C2C(=O)CC(C)(C)C3)cc(I)c1O. The van der Waals surface area contributed by atoms with Crippen molar-refractivity contribution in [3.05, 3.63) is 56.8 Å². The lowest BCUT2D eigenvalue weighted by molar-refractivity contribution is -0.118. The molecule has 0 bridgehead atoms.